The zero-order chi connectivity index (χ0) is 18.4. The number of nitro groups is 1. The van der Waals surface area contributed by atoms with Gasteiger partial charge in [-0.3, -0.25) is 10.1 Å². The lowest BCUT2D eigenvalue weighted by Crippen LogP contribution is -2.06. The van der Waals surface area contributed by atoms with Crippen LogP contribution in [0.3, 0.4) is 0 Å². The van der Waals surface area contributed by atoms with Gasteiger partial charge in [-0.1, -0.05) is 54.2 Å². The van der Waals surface area contributed by atoms with Crippen LogP contribution in [0.5, 0.6) is 5.75 Å². The Morgan fingerprint density at radius 2 is 1.85 bits per heavy atom. The molecule has 0 spiro atoms. The predicted octanol–water partition coefficient (Wildman–Crippen LogP) is 3.71. The quantitative estimate of drug-likeness (QED) is 0.260. The largest absolute Gasteiger partial charge is 0.486 e. The van der Waals surface area contributed by atoms with E-state index >= 15 is 0 Å². The number of rotatable bonds is 8. The molecule has 1 aromatic heterocycles. The second-order valence-electron chi connectivity index (χ2n) is 5.52. The second-order valence-corrected chi connectivity index (χ2v) is 6.59. The molecule has 0 saturated heterocycles. The number of nitro benzene ring substituents is 1. The third kappa shape index (κ3) is 4.40. The monoisotopic (exact) mass is 370 g/mol. The van der Waals surface area contributed by atoms with Gasteiger partial charge in [-0.2, -0.15) is 0 Å². The lowest BCUT2D eigenvalue weighted by atomic mass is 10.2. The summed E-state index contributed by atoms with van der Waals surface area (Å²) < 4.78 is 7.61. The molecular formula is C18H18N4O3S. The molecule has 0 atom stereocenters. The van der Waals surface area contributed by atoms with Crippen LogP contribution in [0.25, 0.3) is 0 Å². The highest BCUT2D eigenvalue weighted by molar-refractivity contribution is 7.99. The maximum absolute atomic E-state index is 11.0. The van der Waals surface area contributed by atoms with Gasteiger partial charge in [-0.25, -0.2) is 0 Å². The summed E-state index contributed by atoms with van der Waals surface area (Å²) in [5.41, 5.74) is 1.15. The summed E-state index contributed by atoms with van der Waals surface area (Å²) >= 11 is 1.52. The van der Waals surface area contributed by atoms with Crippen LogP contribution in [-0.4, -0.2) is 32.0 Å². The summed E-state index contributed by atoms with van der Waals surface area (Å²) in [5, 5.41) is 20.2. The molecule has 0 unspecified atom stereocenters. The highest BCUT2D eigenvalue weighted by Crippen LogP contribution is 2.26. The van der Waals surface area contributed by atoms with Gasteiger partial charge >= 0.3 is 5.69 Å². The average molecular weight is 370 g/mol. The molecule has 2 aromatic carbocycles. The Bertz CT molecular complexity index is 883. The fourth-order valence-electron chi connectivity index (χ4n) is 2.43. The first-order chi connectivity index (χ1) is 12.6. The van der Waals surface area contributed by atoms with Gasteiger partial charge in [0.05, 0.1) is 18.1 Å². The van der Waals surface area contributed by atoms with E-state index in [1.54, 1.807) is 18.2 Å². The van der Waals surface area contributed by atoms with Crippen LogP contribution < -0.4 is 4.74 Å². The average Bonchev–Trinajstić information content (AvgIpc) is 3.00. The van der Waals surface area contributed by atoms with Crippen molar-refractivity contribution in [2.75, 3.05) is 12.4 Å². The third-order valence-electron chi connectivity index (χ3n) is 3.72. The molecule has 0 radical (unpaired) electrons. The Labute approximate surface area is 155 Å². The number of thioether (sulfide) groups is 1. The normalized spacial score (nSPS) is 10.7. The van der Waals surface area contributed by atoms with Crippen molar-refractivity contribution in [2.45, 2.75) is 18.6 Å². The molecule has 0 fully saturated rings. The topological polar surface area (TPSA) is 83.1 Å². The first-order valence-electron chi connectivity index (χ1n) is 8.08. The SMILES string of the molecule is Cc1nnc(SCCOc2ccccc2[N+](=O)[O-])n1Cc1ccccc1. The van der Waals surface area contributed by atoms with Gasteiger partial charge in [-0.15, -0.1) is 10.2 Å². The molecule has 134 valence electrons. The highest BCUT2D eigenvalue weighted by atomic mass is 32.2. The Hall–Kier alpha value is -2.87. The second kappa shape index (κ2) is 8.48. The zero-order valence-electron chi connectivity index (χ0n) is 14.2. The molecule has 0 bridgehead atoms. The van der Waals surface area contributed by atoms with Gasteiger partial charge in [0, 0.05) is 11.8 Å². The summed E-state index contributed by atoms with van der Waals surface area (Å²) in [6.45, 7) is 2.96. The zero-order valence-corrected chi connectivity index (χ0v) is 15.1. The number of para-hydroxylation sites is 2. The van der Waals surface area contributed by atoms with Crippen molar-refractivity contribution < 1.29 is 9.66 Å². The van der Waals surface area contributed by atoms with Crippen molar-refractivity contribution in [1.82, 2.24) is 14.8 Å². The Morgan fingerprint density at radius 1 is 1.12 bits per heavy atom. The van der Waals surface area contributed by atoms with E-state index in [-0.39, 0.29) is 11.4 Å². The van der Waals surface area contributed by atoms with Crippen LogP contribution in [0.4, 0.5) is 5.69 Å². The minimum Gasteiger partial charge on any atom is -0.486 e. The molecule has 0 aliphatic heterocycles. The third-order valence-corrected chi connectivity index (χ3v) is 4.65. The molecule has 1 heterocycles. The van der Waals surface area contributed by atoms with Crippen molar-refractivity contribution in [1.29, 1.82) is 0 Å². The predicted molar refractivity (Wildman–Crippen MR) is 99.6 cm³/mol. The molecule has 0 saturated carbocycles. The van der Waals surface area contributed by atoms with Crippen molar-refractivity contribution in [3.05, 3.63) is 76.1 Å². The van der Waals surface area contributed by atoms with Crippen LogP contribution in [0.1, 0.15) is 11.4 Å². The minimum atomic E-state index is -0.442. The highest BCUT2D eigenvalue weighted by Gasteiger charge is 2.14. The lowest BCUT2D eigenvalue weighted by molar-refractivity contribution is -0.385. The van der Waals surface area contributed by atoms with E-state index < -0.39 is 4.92 Å². The lowest BCUT2D eigenvalue weighted by Gasteiger charge is -2.09. The van der Waals surface area contributed by atoms with E-state index in [0.29, 0.717) is 18.9 Å². The molecule has 0 aliphatic rings. The molecule has 8 heteroatoms. The number of hydrogen-bond donors (Lipinski definition) is 0. The number of ether oxygens (including phenoxy) is 1. The van der Waals surface area contributed by atoms with E-state index in [9.17, 15) is 10.1 Å². The smallest absolute Gasteiger partial charge is 0.310 e. The van der Waals surface area contributed by atoms with Gasteiger partial charge in [0.15, 0.2) is 10.9 Å². The summed E-state index contributed by atoms with van der Waals surface area (Å²) in [5.74, 6) is 1.73. The van der Waals surface area contributed by atoms with Gasteiger partial charge in [-0.05, 0) is 18.6 Å². The summed E-state index contributed by atoms with van der Waals surface area (Å²) in [6.07, 6.45) is 0. The first-order valence-corrected chi connectivity index (χ1v) is 9.06. The maximum atomic E-state index is 11.0. The van der Waals surface area contributed by atoms with Gasteiger partial charge < -0.3 is 9.30 Å². The van der Waals surface area contributed by atoms with E-state index in [1.165, 1.54) is 23.4 Å². The van der Waals surface area contributed by atoms with Crippen molar-refractivity contribution in [3.63, 3.8) is 0 Å². The van der Waals surface area contributed by atoms with Gasteiger partial charge in [0.25, 0.3) is 0 Å². The Balaban J connectivity index is 1.59. The van der Waals surface area contributed by atoms with Crippen molar-refractivity contribution in [3.8, 4) is 5.75 Å². The molecule has 0 amide bonds. The summed E-state index contributed by atoms with van der Waals surface area (Å²) in [6, 6.07) is 16.5. The number of nitrogens with zero attached hydrogens (tertiary/aromatic N) is 4. The standard InChI is InChI=1S/C18H18N4O3S/c1-14-19-20-18(21(14)13-15-7-3-2-4-8-15)26-12-11-25-17-10-6-5-9-16(17)22(23)24/h2-10H,11-13H2,1H3. The van der Waals surface area contributed by atoms with E-state index in [0.717, 1.165) is 11.0 Å². The fourth-order valence-corrected chi connectivity index (χ4v) is 3.23. The van der Waals surface area contributed by atoms with Crippen LogP contribution in [0, 0.1) is 17.0 Å². The van der Waals surface area contributed by atoms with Gasteiger partial charge in [0.2, 0.25) is 0 Å². The Morgan fingerprint density at radius 3 is 2.62 bits per heavy atom. The molecule has 0 aliphatic carbocycles. The fraction of sp³-hybridized carbons (Fsp3) is 0.222. The van der Waals surface area contributed by atoms with Crippen LogP contribution >= 0.6 is 11.8 Å². The van der Waals surface area contributed by atoms with Crippen molar-refractivity contribution in [2.24, 2.45) is 0 Å². The molecular weight excluding hydrogens is 352 g/mol. The number of benzene rings is 2. The molecule has 3 aromatic rings. The molecule has 0 N–H and O–H groups in total. The number of aromatic nitrogens is 3. The van der Waals surface area contributed by atoms with Crippen molar-refractivity contribution >= 4 is 17.4 Å². The molecule has 7 nitrogen and oxygen atoms in total. The maximum Gasteiger partial charge on any atom is 0.310 e. The summed E-state index contributed by atoms with van der Waals surface area (Å²) in [7, 11) is 0. The number of aryl methyl sites for hydroxylation is 1. The van der Waals surface area contributed by atoms with Crippen LogP contribution in [0.15, 0.2) is 59.8 Å². The van der Waals surface area contributed by atoms with Gasteiger partial charge in [0.1, 0.15) is 5.82 Å². The van der Waals surface area contributed by atoms with E-state index in [4.69, 9.17) is 4.74 Å². The van der Waals surface area contributed by atoms with Crippen LogP contribution in [0.2, 0.25) is 0 Å². The van der Waals surface area contributed by atoms with Crippen LogP contribution in [-0.2, 0) is 6.54 Å². The minimum absolute atomic E-state index is 0.0272. The number of hydrogen-bond acceptors (Lipinski definition) is 6. The molecule has 26 heavy (non-hydrogen) atoms. The van der Waals surface area contributed by atoms with E-state index in [2.05, 4.69) is 22.3 Å². The summed E-state index contributed by atoms with van der Waals surface area (Å²) in [4.78, 5) is 10.6. The first kappa shape index (κ1) is 17.9. The Kier molecular flexibility index (Phi) is 5.85. The molecule has 3 rings (SSSR count). The van der Waals surface area contributed by atoms with E-state index in [1.807, 2.05) is 29.7 Å².